The summed E-state index contributed by atoms with van der Waals surface area (Å²) in [5.74, 6) is 0. The Hall–Kier alpha value is -1.11. The number of nitro groups is 1. The van der Waals surface area contributed by atoms with Crippen LogP contribution in [0.5, 0.6) is 0 Å². The van der Waals surface area contributed by atoms with E-state index in [4.69, 9.17) is 5.26 Å². The number of nitrogens with zero attached hydrogens (tertiary/aromatic N) is 2. The lowest BCUT2D eigenvalue weighted by Gasteiger charge is -2.26. The molecule has 0 aromatic rings. The molecule has 0 saturated carbocycles. The fourth-order valence-corrected chi connectivity index (χ4v) is 2.02. The van der Waals surface area contributed by atoms with Gasteiger partial charge in [-0.05, 0) is 12.8 Å². The summed E-state index contributed by atoms with van der Waals surface area (Å²) in [6, 6.07) is 2.08. The molecule has 0 atom stereocenters. The molecule has 0 fully saturated rings. The van der Waals surface area contributed by atoms with Crippen LogP contribution in [-0.4, -0.2) is 11.5 Å². The lowest BCUT2D eigenvalue weighted by atomic mass is 9.77. The van der Waals surface area contributed by atoms with Gasteiger partial charge in [-0.25, -0.2) is 0 Å². The Morgan fingerprint density at radius 2 is 1.86 bits per heavy atom. The highest BCUT2D eigenvalue weighted by Gasteiger charge is 2.33. The molecule has 0 aliphatic carbocycles. The molecule has 0 saturated heterocycles. The van der Waals surface area contributed by atoms with Crippen molar-refractivity contribution in [3.8, 4) is 6.07 Å². The van der Waals surface area contributed by atoms with Gasteiger partial charge in [-0.2, -0.15) is 5.26 Å². The van der Waals surface area contributed by atoms with Crippen molar-refractivity contribution >= 4 is 0 Å². The smallest absolute Gasteiger partial charge is 0.210 e. The van der Waals surface area contributed by atoms with Crippen LogP contribution in [0.2, 0.25) is 0 Å². The van der Waals surface area contributed by atoms with E-state index in [0.717, 1.165) is 25.7 Å². The fourth-order valence-electron chi connectivity index (χ4n) is 2.02. The van der Waals surface area contributed by atoms with E-state index in [2.05, 4.69) is 6.07 Å². The topological polar surface area (TPSA) is 66.9 Å². The van der Waals surface area contributed by atoms with Crippen LogP contribution in [0.25, 0.3) is 0 Å². The third-order valence-corrected chi connectivity index (χ3v) is 2.48. The second kappa shape index (κ2) is 6.36. The molecule has 0 heterocycles. The molecule has 0 amide bonds. The zero-order chi connectivity index (χ0) is 11.0. The minimum atomic E-state index is -0.387. The van der Waals surface area contributed by atoms with Gasteiger partial charge in [0.2, 0.25) is 6.54 Å². The third-order valence-electron chi connectivity index (χ3n) is 2.48. The van der Waals surface area contributed by atoms with Gasteiger partial charge < -0.3 is 0 Å². The van der Waals surface area contributed by atoms with Crippen LogP contribution in [0.3, 0.4) is 0 Å². The average Bonchev–Trinajstić information content (AvgIpc) is 2.03. The first-order chi connectivity index (χ1) is 6.60. The number of hydrogen-bond donors (Lipinski definition) is 0. The zero-order valence-electron chi connectivity index (χ0n) is 8.95. The molecule has 4 nitrogen and oxygen atoms in total. The van der Waals surface area contributed by atoms with Gasteiger partial charge in [0.25, 0.3) is 0 Å². The van der Waals surface area contributed by atoms with Crippen molar-refractivity contribution in [3.05, 3.63) is 10.1 Å². The first-order valence-electron chi connectivity index (χ1n) is 5.09. The maximum atomic E-state index is 10.5. The standard InChI is InChI=1S/C10H18N2O2/c1-3-5-10(6-4-2,7-8-11)9-12(13)14/h3-7,9H2,1-2H3. The fraction of sp³-hybridized carbons (Fsp3) is 0.900. The van der Waals surface area contributed by atoms with E-state index < -0.39 is 0 Å². The van der Waals surface area contributed by atoms with Gasteiger partial charge in [0.15, 0.2) is 0 Å². The molecule has 14 heavy (non-hydrogen) atoms. The minimum absolute atomic E-state index is 0.0672. The largest absolute Gasteiger partial charge is 0.265 e. The maximum Gasteiger partial charge on any atom is 0.210 e. The average molecular weight is 198 g/mol. The second-order valence-corrected chi connectivity index (χ2v) is 3.83. The Labute approximate surface area is 85.1 Å². The van der Waals surface area contributed by atoms with Crippen LogP contribution in [0.1, 0.15) is 46.0 Å². The van der Waals surface area contributed by atoms with E-state index in [0.29, 0.717) is 6.42 Å². The number of rotatable bonds is 7. The van der Waals surface area contributed by atoms with Crippen LogP contribution in [0.15, 0.2) is 0 Å². The summed E-state index contributed by atoms with van der Waals surface area (Å²) >= 11 is 0. The SMILES string of the molecule is CCCC(CC#N)(CCC)C[N+](=O)[O-]. The van der Waals surface area contributed by atoms with Crippen molar-refractivity contribution in [1.82, 2.24) is 0 Å². The van der Waals surface area contributed by atoms with E-state index in [-0.39, 0.29) is 16.9 Å². The quantitative estimate of drug-likeness (QED) is 0.466. The van der Waals surface area contributed by atoms with Gasteiger partial charge >= 0.3 is 0 Å². The van der Waals surface area contributed by atoms with E-state index in [1.54, 1.807) is 0 Å². The van der Waals surface area contributed by atoms with Crippen LogP contribution in [0.4, 0.5) is 0 Å². The van der Waals surface area contributed by atoms with Crippen molar-refractivity contribution in [2.24, 2.45) is 5.41 Å². The second-order valence-electron chi connectivity index (χ2n) is 3.83. The van der Waals surface area contributed by atoms with Crippen molar-refractivity contribution in [1.29, 1.82) is 5.26 Å². The summed E-state index contributed by atoms with van der Waals surface area (Å²) in [5.41, 5.74) is -0.387. The van der Waals surface area contributed by atoms with E-state index in [1.165, 1.54) is 0 Å². The first kappa shape index (κ1) is 12.9. The van der Waals surface area contributed by atoms with Crippen LogP contribution < -0.4 is 0 Å². The predicted octanol–water partition coefficient (Wildman–Crippen LogP) is 2.76. The predicted molar refractivity (Wildman–Crippen MR) is 54.3 cm³/mol. The maximum absolute atomic E-state index is 10.5. The van der Waals surface area contributed by atoms with Gasteiger partial charge in [0.1, 0.15) is 0 Å². The molecule has 0 N–H and O–H groups in total. The van der Waals surface area contributed by atoms with Crippen molar-refractivity contribution in [2.75, 3.05) is 6.54 Å². The monoisotopic (exact) mass is 198 g/mol. The first-order valence-corrected chi connectivity index (χ1v) is 5.09. The van der Waals surface area contributed by atoms with E-state index in [1.807, 2.05) is 13.8 Å². The lowest BCUT2D eigenvalue weighted by molar-refractivity contribution is -0.498. The molecule has 0 unspecified atom stereocenters. The number of nitriles is 1. The molecule has 0 aliphatic heterocycles. The molecule has 80 valence electrons. The normalized spacial score (nSPS) is 10.9. The molecule has 0 radical (unpaired) electrons. The summed E-state index contributed by atoms with van der Waals surface area (Å²) < 4.78 is 0. The Balaban J connectivity index is 4.55. The molecule has 0 bridgehead atoms. The lowest BCUT2D eigenvalue weighted by Crippen LogP contribution is -2.29. The Morgan fingerprint density at radius 1 is 1.36 bits per heavy atom. The van der Waals surface area contributed by atoms with Crippen molar-refractivity contribution < 1.29 is 4.92 Å². The Bertz CT molecular complexity index is 215. The van der Waals surface area contributed by atoms with Gasteiger partial charge in [0, 0.05) is 16.8 Å². The summed E-state index contributed by atoms with van der Waals surface area (Å²) in [6.07, 6.45) is 3.64. The molecule has 0 aliphatic rings. The zero-order valence-corrected chi connectivity index (χ0v) is 8.95. The summed E-state index contributed by atoms with van der Waals surface area (Å²) in [6.45, 7) is 3.94. The van der Waals surface area contributed by atoms with Gasteiger partial charge in [-0.1, -0.05) is 26.7 Å². The highest BCUT2D eigenvalue weighted by molar-refractivity contribution is 4.88. The van der Waals surface area contributed by atoms with Gasteiger partial charge in [-0.15, -0.1) is 0 Å². The number of hydrogen-bond acceptors (Lipinski definition) is 3. The van der Waals surface area contributed by atoms with Gasteiger partial charge in [0.05, 0.1) is 6.07 Å². The molecule has 0 spiro atoms. The van der Waals surface area contributed by atoms with Crippen LogP contribution >= 0.6 is 0 Å². The molecule has 4 heteroatoms. The molecule has 0 aromatic carbocycles. The third kappa shape index (κ3) is 4.22. The highest BCUT2D eigenvalue weighted by atomic mass is 16.6. The highest BCUT2D eigenvalue weighted by Crippen LogP contribution is 2.33. The molecular formula is C10H18N2O2. The van der Waals surface area contributed by atoms with Crippen molar-refractivity contribution in [2.45, 2.75) is 46.0 Å². The Kier molecular flexibility index (Phi) is 5.86. The van der Waals surface area contributed by atoms with E-state index in [9.17, 15) is 10.1 Å². The molecular weight excluding hydrogens is 180 g/mol. The Morgan fingerprint density at radius 3 is 2.14 bits per heavy atom. The minimum Gasteiger partial charge on any atom is -0.265 e. The van der Waals surface area contributed by atoms with Crippen LogP contribution in [-0.2, 0) is 0 Å². The molecule has 0 aromatic heterocycles. The summed E-state index contributed by atoms with van der Waals surface area (Å²) in [4.78, 5) is 10.2. The summed E-state index contributed by atoms with van der Waals surface area (Å²) in [7, 11) is 0. The molecule has 0 rings (SSSR count). The van der Waals surface area contributed by atoms with Crippen LogP contribution in [0, 0.1) is 26.9 Å². The van der Waals surface area contributed by atoms with E-state index >= 15 is 0 Å². The summed E-state index contributed by atoms with van der Waals surface area (Å²) in [5, 5.41) is 19.2. The van der Waals surface area contributed by atoms with Gasteiger partial charge in [-0.3, -0.25) is 10.1 Å². The van der Waals surface area contributed by atoms with Crippen molar-refractivity contribution in [3.63, 3.8) is 0 Å².